The van der Waals surface area contributed by atoms with Gasteiger partial charge >= 0.3 is 0 Å². The van der Waals surface area contributed by atoms with Gasteiger partial charge in [0.25, 0.3) is 5.56 Å². The Hall–Kier alpha value is -2.26. The van der Waals surface area contributed by atoms with Gasteiger partial charge in [-0.25, -0.2) is 17.8 Å². The van der Waals surface area contributed by atoms with Gasteiger partial charge in [-0.3, -0.25) is 4.79 Å². The normalized spacial score (nSPS) is 16.2. The fraction of sp³-hybridized carbons (Fsp3) is 0.375. The van der Waals surface area contributed by atoms with Gasteiger partial charge in [0.05, 0.1) is 4.90 Å². The van der Waals surface area contributed by atoms with Gasteiger partial charge in [0.2, 0.25) is 10.0 Å². The molecule has 1 aliphatic heterocycles. The first-order valence-corrected chi connectivity index (χ1v) is 9.43. The molecule has 1 aliphatic rings. The highest BCUT2D eigenvalue weighted by atomic mass is 32.2. The summed E-state index contributed by atoms with van der Waals surface area (Å²) in [5.41, 5.74) is -0.181. The summed E-state index contributed by atoms with van der Waals surface area (Å²) in [6, 6.07) is 4.78. The molecule has 1 aromatic heterocycles. The molecule has 3 rings (SSSR count). The predicted octanol–water partition coefficient (Wildman–Crippen LogP) is 0.913. The fourth-order valence-corrected chi connectivity index (χ4v) is 4.22. The van der Waals surface area contributed by atoms with Gasteiger partial charge in [0, 0.05) is 45.1 Å². The molecule has 0 bridgehead atoms. The minimum Gasteiger partial charge on any atom is -0.349 e. The predicted molar refractivity (Wildman–Crippen MR) is 91.5 cm³/mol. The number of aryl methyl sites for hydroxylation is 1. The van der Waals surface area contributed by atoms with Crippen LogP contribution in [0.5, 0.6) is 0 Å². The standard InChI is InChI=1S/C16H19FN4O3S/c1-2-19-8-7-18-15(16(19)22)20-9-11-21(12-10-20)25(23,24)14-5-3-13(17)4-6-14/h3-8H,2,9-12H2,1H3. The second-order valence-electron chi connectivity index (χ2n) is 5.69. The van der Waals surface area contributed by atoms with Gasteiger partial charge in [0.1, 0.15) is 5.82 Å². The van der Waals surface area contributed by atoms with E-state index in [4.69, 9.17) is 0 Å². The van der Waals surface area contributed by atoms with Crippen LogP contribution in [0.15, 0.2) is 46.3 Å². The van der Waals surface area contributed by atoms with Crippen molar-refractivity contribution in [3.8, 4) is 0 Å². The molecule has 1 saturated heterocycles. The van der Waals surface area contributed by atoms with Crippen molar-refractivity contribution >= 4 is 15.8 Å². The third-order valence-electron chi connectivity index (χ3n) is 4.23. The summed E-state index contributed by atoms with van der Waals surface area (Å²) in [6.45, 7) is 3.64. The molecule has 1 aromatic carbocycles. The van der Waals surface area contributed by atoms with Crippen LogP contribution in [0.1, 0.15) is 6.92 Å². The van der Waals surface area contributed by atoms with Crippen molar-refractivity contribution in [1.29, 1.82) is 0 Å². The van der Waals surface area contributed by atoms with E-state index in [1.807, 2.05) is 6.92 Å². The maximum Gasteiger partial charge on any atom is 0.293 e. The Bertz CT molecular complexity index is 904. The first-order valence-electron chi connectivity index (χ1n) is 7.99. The Morgan fingerprint density at radius 3 is 2.36 bits per heavy atom. The van der Waals surface area contributed by atoms with E-state index in [2.05, 4.69) is 4.98 Å². The van der Waals surface area contributed by atoms with E-state index in [1.54, 1.807) is 21.9 Å². The molecule has 0 atom stereocenters. The highest BCUT2D eigenvalue weighted by Gasteiger charge is 2.29. The molecule has 25 heavy (non-hydrogen) atoms. The first kappa shape index (κ1) is 17.6. The minimum absolute atomic E-state index is 0.0634. The van der Waals surface area contributed by atoms with Crippen molar-refractivity contribution in [3.05, 3.63) is 52.8 Å². The molecule has 0 unspecified atom stereocenters. The number of sulfonamides is 1. The summed E-state index contributed by atoms with van der Waals surface area (Å²) in [5.74, 6) is -0.144. The highest BCUT2D eigenvalue weighted by molar-refractivity contribution is 7.89. The molecule has 0 aliphatic carbocycles. The number of halogens is 1. The number of nitrogens with zero attached hydrogens (tertiary/aromatic N) is 4. The zero-order valence-electron chi connectivity index (χ0n) is 13.8. The third kappa shape index (κ3) is 3.42. The Kier molecular flexibility index (Phi) is 4.87. The molecule has 7 nitrogen and oxygen atoms in total. The lowest BCUT2D eigenvalue weighted by molar-refractivity contribution is 0.383. The van der Waals surface area contributed by atoms with E-state index in [1.165, 1.54) is 16.4 Å². The topological polar surface area (TPSA) is 75.5 Å². The molecule has 0 spiro atoms. The maximum absolute atomic E-state index is 13.0. The first-order chi connectivity index (χ1) is 11.9. The van der Waals surface area contributed by atoms with Crippen molar-refractivity contribution in [2.75, 3.05) is 31.1 Å². The highest BCUT2D eigenvalue weighted by Crippen LogP contribution is 2.19. The molecular weight excluding hydrogens is 347 g/mol. The third-order valence-corrected chi connectivity index (χ3v) is 6.14. The Morgan fingerprint density at radius 1 is 1.12 bits per heavy atom. The molecule has 1 fully saturated rings. The smallest absolute Gasteiger partial charge is 0.293 e. The summed E-state index contributed by atoms with van der Waals surface area (Å²) in [6.07, 6.45) is 3.20. The lowest BCUT2D eigenvalue weighted by Crippen LogP contribution is -2.50. The monoisotopic (exact) mass is 366 g/mol. The Labute approximate surface area is 145 Å². The average molecular weight is 366 g/mol. The molecule has 0 radical (unpaired) electrons. The number of aromatic nitrogens is 2. The van der Waals surface area contributed by atoms with Gasteiger partial charge in [-0.2, -0.15) is 4.31 Å². The van der Waals surface area contributed by atoms with Gasteiger partial charge in [-0.1, -0.05) is 0 Å². The molecular formula is C16H19FN4O3S. The zero-order chi connectivity index (χ0) is 18.0. The molecule has 2 heterocycles. The van der Waals surface area contributed by atoms with E-state index in [0.717, 1.165) is 12.1 Å². The summed E-state index contributed by atoms with van der Waals surface area (Å²) >= 11 is 0. The lowest BCUT2D eigenvalue weighted by Gasteiger charge is -2.34. The number of benzene rings is 1. The van der Waals surface area contributed by atoms with Crippen molar-refractivity contribution < 1.29 is 12.8 Å². The van der Waals surface area contributed by atoms with Gasteiger partial charge < -0.3 is 9.47 Å². The van der Waals surface area contributed by atoms with Gasteiger partial charge in [-0.15, -0.1) is 0 Å². The number of hydrogen-bond acceptors (Lipinski definition) is 5. The van der Waals surface area contributed by atoms with Crippen LogP contribution in [-0.2, 0) is 16.6 Å². The Morgan fingerprint density at radius 2 is 1.76 bits per heavy atom. The number of anilines is 1. The Balaban J connectivity index is 1.76. The van der Waals surface area contributed by atoms with E-state index in [0.29, 0.717) is 25.5 Å². The molecule has 9 heteroatoms. The van der Waals surface area contributed by atoms with Crippen LogP contribution in [0.25, 0.3) is 0 Å². The fourth-order valence-electron chi connectivity index (χ4n) is 2.80. The van der Waals surface area contributed by atoms with Crippen LogP contribution >= 0.6 is 0 Å². The second kappa shape index (κ2) is 6.93. The number of rotatable bonds is 4. The summed E-state index contributed by atoms with van der Waals surface area (Å²) in [5, 5.41) is 0. The SMILES string of the molecule is CCn1ccnc(N2CCN(S(=O)(=O)c3ccc(F)cc3)CC2)c1=O. The van der Waals surface area contributed by atoms with Crippen LogP contribution in [0.3, 0.4) is 0 Å². The molecule has 2 aromatic rings. The molecule has 0 saturated carbocycles. The van der Waals surface area contributed by atoms with Crippen molar-refractivity contribution in [1.82, 2.24) is 13.9 Å². The van der Waals surface area contributed by atoms with Crippen LogP contribution in [-0.4, -0.2) is 48.5 Å². The lowest BCUT2D eigenvalue weighted by atomic mass is 10.3. The zero-order valence-corrected chi connectivity index (χ0v) is 14.6. The average Bonchev–Trinajstić information content (AvgIpc) is 2.62. The van der Waals surface area contributed by atoms with Crippen molar-refractivity contribution in [2.45, 2.75) is 18.4 Å². The second-order valence-corrected chi connectivity index (χ2v) is 7.63. The largest absolute Gasteiger partial charge is 0.349 e. The van der Waals surface area contributed by atoms with E-state index < -0.39 is 15.8 Å². The maximum atomic E-state index is 13.0. The van der Waals surface area contributed by atoms with Gasteiger partial charge in [0.15, 0.2) is 5.82 Å². The van der Waals surface area contributed by atoms with Gasteiger partial charge in [-0.05, 0) is 31.2 Å². The summed E-state index contributed by atoms with van der Waals surface area (Å²) < 4.78 is 41.1. The van der Waals surface area contributed by atoms with Crippen molar-refractivity contribution in [3.63, 3.8) is 0 Å². The van der Waals surface area contributed by atoms with Crippen LogP contribution in [0, 0.1) is 5.82 Å². The van der Waals surface area contributed by atoms with E-state index >= 15 is 0 Å². The van der Waals surface area contributed by atoms with E-state index in [9.17, 15) is 17.6 Å². The van der Waals surface area contributed by atoms with Crippen molar-refractivity contribution in [2.24, 2.45) is 0 Å². The quantitative estimate of drug-likeness (QED) is 0.804. The molecule has 0 N–H and O–H groups in total. The summed E-state index contributed by atoms with van der Waals surface area (Å²) in [7, 11) is -3.67. The van der Waals surface area contributed by atoms with Crippen LogP contribution in [0.2, 0.25) is 0 Å². The number of hydrogen-bond donors (Lipinski definition) is 0. The minimum atomic E-state index is -3.67. The van der Waals surface area contributed by atoms with Crippen LogP contribution < -0.4 is 10.5 Å². The van der Waals surface area contributed by atoms with E-state index in [-0.39, 0.29) is 23.5 Å². The summed E-state index contributed by atoms with van der Waals surface area (Å²) in [4.78, 5) is 18.3. The molecule has 0 amide bonds. The van der Waals surface area contributed by atoms with Crippen LogP contribution in [0.4, 0.5) is 10.2 Å². The molecule has 134 valence electrons. The number of piperazine rings is 1.